The number of nitrogens with one attached hydrogen (secondary N) is 2. The van der Waals surface area contributed by atoms with Crippen LogP contribution in [0.15, 0.2) is 35.2 Å². The predicted molar refractivity (Wildman–Crippen MR) is 115 cm³/mol. The summed E-state index contributed by atoms with van der Waals surface area (Å²) in [7, 11) is -4.10. The minimum absolute atomic E-state index is 0.0670. The number of carbonyl (C=O) groups is 2. The summed E-state index contributed by atoms with van der Waals surface area (Å²) in [6.07, 6.45) is 10.7. The molecule has 2 saturated carbocycles. The van der Waals surface area contributed by atoms with Gasteiger partial charge < -0.3 is 5.11 Å². The smallest absolute Gasteiger partial charge is 0.322 e. The summed E-state index contributed by atoms with van der Waals surface area (Å²) in [5.41, 5.74) is 1.33. The van der Waals surface area contributed by atoms with Crippen molar-refractivity contribution in [1.82, 2.24) is 10.2 Å². The molecule has 1 amide bonds. The third-order valence-electron chi connectivity index (χ3n) is 6.75. The number of aliphatic carboxylic acids is 1. The second kappa shape index (κ2) is 9.93. The molecule has 1 aromatic rings. The van der Waals surface area contributed by atoms with Crippen LogP contribution in [-0.4, -0.2) is 36.6 Å². The van der Waals surface area contributed by atoms with Crippen molar-refractivity contribution in [3.8, 4) is 0 Å². The minimum Gasteiger partial charge on any atom is -0.480 e. The van der Waals surface area contributed by atoms with Gasteiger partial charge in [0, 0.05) is 11.5 Å². The molecule has 1 atom stereocenters. The van der Waals surface area contributed by atoms with E-state index in [2.05, 4.69) is 4.72 Å². The highest BCUT2D eigenvalue weighted by Gasteiger charge is 2.51. The van der Waals surface area contributed by atoms with E-state index in [0.29, 0.717) is 5.56 Å². The monoisotopic (exact) mass is 450 g/mol. The van der Waals surface area contributed by atoms with Crippen LogP contribution >= 0.6 is 0 Å². The Morgan fingerprint density at radius 2 is 1.77 bits per heavy atom. The molecule has 0 unspecified atom stereocenters. The van der Waals surface area contributed by atoms with Crippen molar-refractivity contribution in [2.45, 2.75) is 68.7 Å². The zero-order valence-corrected chi connectivity index (χ0v) is 18.2. The van der Waals surface area contributed by atoms with Crippen molar-refractivity contribution >= 4 is 28.0 Å². The zero-order chi connectivity index (χ0) is 22.5. The van der Waals surface area contributed by atoms with Gasteiger partial charge in [-0.2, -0.15) is 4.72 Å². The number of amides is 1. The molecular weight excluding hydrogens is 420 g/mol. The van der Waals surface area contributed by atoms with Crippen molar-refractivity contribution < 1.29 is 28.3 Å². The number of sulfonamides is 1. The Morgan fingerprint density at radius 3 is 2.39 bits per heavy atom. The molecule has 31 heavy (non-hydrogen) atoms. The maximum Gasteiger partial charge on any atom is 0.322 e. The first-order valence-electron chi connectivity index (χ1n) is 10.8. The number of hydrogen-bond donors (Lipinski definition) is 4. The summed E-state index contributed by atoms with van der Waals surface area (Å²) in [6.45, 7) is 0. The lowest BCUT2D eigenvalue weighted by molar-refractivity contribution is -0.145. The fourth-order valence-electron chi connectivity index (χ4n) is 5.27. The van der Waals surface area contributed by atoms with Gasteiger partial charge in [0.15, 0.2) is 0 Å². The second-order valence-electron chi connectivity index (χ2n) is 8.55. The van der Waals surface area contributed by atoms with Gasteiger partial charge in [-0.25, -0.2) is 13.9 Å². The van der Waals surface area contributed by atoms with E-state index in [4.69, 9.17) is 5.21 Å². The molecule has 0 aliphatic heterocycles. The van der Waals surface area contributed by atoms with Crippen LogP contribution in [0.25, 0.3) is 6.08 Å². The lowest BCUT2D eigenvalue weighted by Gasteiger charge is -2.46. The molecule has 2 aliphatic rings. The van der Waals surface area contributed by atoms with Gasteiger partial charge in [-0.15, -0.1) is 0 Å². The summed E-state index contributed by atoms with van der Waals surface area (Å²) in [6, 6.07) is 4.71. The van der Waals surface area contributed by atoms with Crippen LogP contribution in [-0.2, 0) is 19.6 Å². The van der Waals surface area contributed by atoms with E-state index in [9.17, 15) is 23.1 Å². The molecule has 3 rings (SSSR count). The summed E-state index contributed by atoms with van der Waals surface area (Å²) in [4.78, 5) is 23.5. The van der Waals surface area contributed by atoms with Crippen molar-refractivity contribution in [1.29, 1.82) is 0 Å². The van der Waals surface area contributed by atoms with Crippen LogP contribution in [0.5, 0.6) is 0 Å². The largest absolute Gasteiger partial charge is 0.480 e. The van der Waals surface area contributed by atoms with Crippen LogP contribution in [0.4, 0.5) is 0 Å². The van der Waals surface area contributed by atoms with E-state index in [0.717, 1.165) is 63.9 Å². The first-order valence-corrected chi connectivity index (χ1v) is 12.2. The highest BCUT2D eigenvalue weighted by Crippen LogP contribution is 2.51. The maximum absolute atomic E-state index is 13.2. The quantitative estimate of drug-likeness (QED) is 0.273. The molecule has 2 aliphatic carbocycles. The first-order chi connectivity index (χ1) is 14.8. The predicted octanol–water partition coefficient (Wildman–Crippen LogP) is 3.08. The van der Waals surface area contributed by atoms with E-state index in [-0.39, 0.29) is 10.8 Å². The Labute approximate surface area is 182 Å². The topological polar surface area (TPSA) is 133 Å². The number of benzene rings is 1. The fourth-order valence-corrected chi connectivity index (χ4v) is 6.61. The number of carboxylic acids is 1. The van der Waals surface area contributed by atoms with E-state index < -0.39 is 33.4 Å². The van der Waals surface area contributed by atoms with Gasteiger partial charge in [-0.1, -0.05) is 44.2 Å². The van der Waals surface area contributed by atoms with Crippen molar-refractivity contribution in [2.24, 2.45) is 11.3 Å². The Hall–Kier alpha value is -2.23. The number of hydroxylamine groups is 1. The third-order valence-corrected chi connectivity index (χ3v) is 8.17. The van der Waals surface area contributed by atoms with Gasteiger partial charge >= 0.3 is 5.97 Å². The lowest BCUT2D eigenvalue weighted by Crippen LogP contribution is -2.56. The van der Waals surface area contributed by atoms with Crippen LogP contribution in [0, 0.1) is 11.3 Å². The van der Waals surface area contributed by atoms with Gasteiger partial charge in [-0.05, 0) is 55.4 Å². The molecule has 0 spiro atoms. The molecule has 8 nitrogen and oxygen atoms in total. The Kier molecular flexibility index (Phi) is 7.51. The minimum atomic E-state index is -4.10. The van der Waals surface area contributed by atoms with Crippen molar-refractivity contribution in [3.63, 3.8) is 0 Å². The highest BCUT2D eigenvalue weighted by atomic mass is 32.2. The molecule has 1 aromatic carbocycles. The molecule has 170 valence electrons. The summed E-state index contributed by atoms with van der Waals surface area (Å²) in [5, 5.41) is 18.7. The van der Waals surface area contributed by atoms with E-state index in [1.807, 2.05) is 0 Å². The average Bonchev–Trinajstić information content (AvgIpc) is 3.32. The van der Waals surface area contributed by atoms with Crippen LogP contribution < -0.4 is 10.2 Å². The number of rotatable bonds is 8. The van der Waals surface area contributed by atoms with Crippen LogP contribution in [0.2, 0.25) is 0 Å². The maximum atomic E-state index is 13.2. The van der Waals surface area contributed by atoms with E-state index in [1.54, 1.807) is 6.07 Å². The first kappa shape index (κ1) is 23.4. The van der Waals surface area contributed by atoms with Crippen LogP contribution in [0.1, 0.15) is 63.4 Å². The number of carboxylic acid groups (broad SMARTS) is 1. The number of carbonyl (C=O) groups excluding carboxylic acids is 1. The number of hydrogen-bond acceptors (Lipinski definition) is 5. The molecule has 2 fully saturated rings. The lowest BCUT2D eigenvalue weighted by atomic mass is 9.61. The van der Waals surface area contributed by atoms with Gasteiger partial charge in [0.1, 0.15) is 6.04 Å². The molecular formula is C22H30N2O6S. The average molecular weight is 451 g/mol. The van der Waals surface area contributed by atoms with Crippen LogP contribution in [0.3, 0.4) is 0 Å². The molecule has 4 N–H and O–H groups in total. The molecule has 0 heterocycles. The Balaban J connectivity index is 1.90. The summed E-state index contributed by atoms with van der Waals surface area (Å²) in [5.74, 6) is -1.66. The van der Waals surface area contributed by atoms with Crippen molar-refractivity contribution in [2.75, 3.05) is 0 Å². The summed E-state index contributed by atoms with van der Waals surface area (Å²) < 4.78 is 28.9. The highest BCUT2D eigenvalue weighted by molar-refractivity contribution is 7.89. The summed E-state index contributed by atoms with van der Waals surface area (Å²) >= 11 is 0. The third kappa shape index (κ3) is 5.34. The van der Waals surface area contributed by atoms with E-state index >= 15 is 0 Å². The molecule has 0 bridgehead atoms. The molecule has 0 radical (unpaired) electrons. The molecule has 9 heteroatoms. The fraction of sp³-hybridized carbons (Fsp3) is 0.545. The van der Waals surface area contributed by atoms with Gasteiger partial charge in [-0.3, -0.25) is 14.8 Å². The van der Waals surface area contributed by atoms with Gasteiger partial charge in [0.05, 0.1) is 4.90 Å². The van der Waals surface area contributed by atoms with Crippen molar-refractivity contribution in [3.05, 3.63) is 35.9 Å². The standard InChI is InChI=1S/C22H30N2O6S/c25-19(23-28)12-11-16-7-6-10-18(15-16)31(29,30)24-20(21(26)27)22(13-4-1-5-14-22)17-8-2-3-9-17/h6-7,10-12,15,17,20,24,28H,1-5,8-9,13-14H2,(H,23,25)(H,26,27)/t20-/m1/s1. The van der Waals surface area contributed by atoms with Gasteiger partial charge in [0.25, 0.3) is 5.91 Å². The molecule has 0 aromatic heterocycles. The van der Waals surface area contributed by atoms with Gasteiger partial charge in [0.2, 0.25) is 10.0 Å². The second-order valence-corrected chi connectivity index (χ2v) is 10.3. The Bertz CT molecular complexity index is 931. The SMILES string of the molecule is O=C(C=Cc1cccc(S(=O)(=O)N[C@H](C(=O)O)C2(C3CCCC3)CCCCC2)c1)NO. The van der Waals surface area contributed by atoms with E-state index in [1.165, 1.54) is 29.8 Å². The zero-order valence-electron chi connectivity index (χ0n) is 17.4. The normalized spacial score (nSPS) is 20.5. The Morgan fingerprint density at radius 1 is 1.10 bits per heavy atom. The molecule has 0 saturated heterocycles.